The molecule has 0 saturated heterocycles. The molecule has 7 heteroatoms. The van der Waals surface area contributed by atoms with E-state index in [-0.39, 0.29) is 11.1 Å². The van der Waals surface area contributed by atoms with Crippen molar-refractivity contribution in [2.75, 3.05) is 0 Å². The molecule has 0 saturated carbocycles. The highest BCUT2D eigenvalue weighted by molar-refractivity contribution is 7.98. The molecule has 0 fully saturated rings. The maximum Gasteiger partial charge on any atom is 0.335 e. The number of aryl methyl sites for hydroxylation is 1. The zero-order valence-corrected chi connectivity index (χ0v) is 16.6. The van der Waals surface area contributed by atoms with Gasteiger partial charge in [0, 0.05) is 16.2 Å². The molecular weight excluding hydrogens is 392 g/mol. The Hall–Kier alpha value is -2.90. The summed E-state index contributed by atoms with van der Waals surface area (Å²) in [6, 6.07) is 16.6. The molecule has 0 aliphatic carbocycles. The fourth-order valence-electron chi connectivity index (χ4n) is 3.07. The third-order valence-electron chi connectivity index (χ3n) is 4.33. The quantitative estimate of drug-likeness (QED) is 0.361. The summed E-state index contributed by atoms with van der Waals surface area (Å²) >= 11 is 2.89. The molecular formula is C21H16N2O3S2. The molecule has 4 aromatic rings. The van der Waals surface area contributed by atoms with Gasteiger partial charge in [0.1, 0.15) is 4.83 Å². The number of aromatic nitrogens is 2. The van der Waals surface area contributed by atoms with Crippen LogP contribution in [-0.4, -0.2) is 21.0 Å². The number of aromatic amines is 1. The summed E-state index contributed by atoms with van der Waals surface area (Å²) in [5.74, 6) is -0.437. The zero-order valence-electron chi connectivity index (χ0n) is 14.9. The van der Waals surface area contributed by atoms with E-state index in [0.717, 1.165) is 21.6 Å². The third kappa shape index (κ3) is 3.58. The van der Waals surface area contributed by atoms with Crippen LogP contribution in [-0.2, 0) is 5.75 Å². The molecule has 0 radical (unpaired) electrons. The lowest BCUT2D eigenvalue weighted by molar-refractivity contribution is 0.0697. The molecule has 5 nitrogen and oxygen atoms in total. The number of nitrogens with zero attached hydrogens (tertiary/aromatic N) is 1. The number of carboxylic acids is 1. The van der Waals surface area contributed by atoms with Gasteiger partial charge in [0.2, 0.25) is 0 Å². The second kappa shape index (κ2) is 7.61. The monoisotopic (exact) mass is 408 g/mol. The van der Waals surface area contributed by atoms with E-state index in [9.17, 15) is 9.59 Å². The molecule has 140 valence electrons. The highest BCUT2D eigenvalue weighted by Crippen LogP contribution is 2.36. The number of benzene rings is 2. The van der Waals surface area contributed by atoms with E-state index in [1.807, 2.05) is 43.3 Å². The van der Waals surface area contributed by atoms with Crippen molar-refractivity contribution in [2.24, 2.45) is 0 Å². The Morgan fingerprint density at radius 1 is 1.18 bits per heavy atom. The standard InChI is InChI=1S/C21H16N2O3S2/c1-12-16(14-7-3-2-4-8-14)17-18(24)22-21(23-19(17)28-12)27-11-13-6-5-9-15(10-13)20(25)26/h2-10H,11H2,1H3,(H,25,26)(H,22,23,24). The van der Waals surface area contributed by atoms with Crippen molar-refractivity contribution in [1.82, 2.24) is 9.97 Å². The van der Waals surface area contributed by atoms with Crippen LogP contribution in [0.1, 0.15) is 20.8 Å². The zero-order chi connectivity index (χ0) is 19.7. The minimum absolute atomic E-state index is 0.157. The normalized spacial score (nSPS) is 11.0. The van der Waals surface area contributed by atoms with Crippen LogP contribution < -0.4 is 5.56 Å². The number of aromatic carboxylic acids is 1. The molecule has 2 aromatic heterocycles. The maximum atomic E-state index is 12.8. The van der Waals surface area contributed by atoms with Gasteiger partial charge in [0.05, 0.1) is 10.9 Å². The van der Waals surface area contributed by atoms with Gasteiger partial charge in [-0.3, -0.25) is 4.79 Å². The van der Waals surface area contributed by atoms with E-state index in [2.05, 4.69) is 9.97 Å². The van der Waals surface area contributed by atoms with Crippen molar-refractivity contribution in [1.29, 1.82) is 0 Å². The summed E-state index contributed by atoms with van der Waals surface area (Å²) in [5.41, 5.74) is 2.89. The smallest absolute Gasteiger partial charge is 0.335 e. The van der Waals surface area contributed by atoms with Crippen LogP contribution in [0.5, 0.6) is 0 Å². The molecule has 0 atom stereocenters. The van der Waals surface area contributed by atoms with Crippen LogP contribution >= 0.6 is 23.1 Å². The van der Waals surface area contributed by atoms with Gasteiger partial charge < -0.3 is 10.1 Å². The van der Waals surface area contributed by atoms with E-state index in [1.54, 1.807) is 18.2 Å². The first-order valence-corrected chi connectivity index (χ1v) is 10.4. The molecule has 0 amide bonds. The Morgan fingerprint density at radius 2 is 1.96 bits per heavy atom. The molecule has 4 rings (SSSR count). The summed E-state index contributed by atoms with van der Waals surface area (Å²) in [6.45, 7) is 2.00. The summed E-state index contributed by atoms with van der Waals surface area (Å²) in [4.78, 5) is 33.1. The van der Waals surface area contributed by atoms with Crippen molar-refractivity contribution in [2.45, 2.75) is 17.8 Å². The number of hydrogen-bond donors (Lipinski definition) is 2. The highest BCUT2D eigenvalue weighted by atomic mass is 32.2. The van der Waals surface area contributed by atoms with Gasteiger partial charge in [-0.15, -0.1) is 11.3 Å². The fraction of sp³-hybridized carbons (Fsp3) is 0.0952. The largest absolute Gasteiger partial charge is 0.478 e. The van der Waals surface area contributed by atoms with Gasteiger partial charge >= 0.3 is 5.97 Å². The van der Waals surface area contributed by atoms with Gasteiger partial charge in [0.25, 0.3) is 5.56 Å². The Balaban J connectivity index is 1.66. The van der Waals surface area contributed by atoms with E-state index in [4.69, 9.17) is 5.11 Å². The van der Waals surface area contributed by atoms with Crippen molar-refractivity contribution < 1.29 is 9.90 Å². The number of thiophene rings is 1. The molecule has 28 heavy (non-hydrogen) atoms. The lowest BCUT2D eigenvalue weighted by Gasteiger charge is -2.04. The van der Waals surface area contributed by atoms with Crippen LogP contribution in [0, 0.1) is 6.92 Å². The van der Waals surface area contributed by atoms with E-state index >= 15 is 0 Å². The topological polar surface area (TPSA) is 83.0 Å². The van der Waals surface area contributed by atoms with Crippen LogP contribution in [0.3, 0.4) is 0 Å². The number of thioether (sulfide) groups is 1. The van der Waals surface area contributed by atoms with E-state index in [1.165, 1.54) is 23.1 Å². The Labute approximate surface area is 169 Å². The summed E-state index contributed by atoms with van der Waals surface area (Å²) in [5, 5.41) is 10.2. The Morgan fingerprint density at radius 3 is 2.71 bits per heavy atom. The fourth-order valence-corrected chi connectivity index (χ4v) is 4.97. The van der Waals surface area contributed by atoms with Crippen LogP contribution in [0.2, 0.25) is 0 Å². The highest BCUT2D eigenvalue weighted by Gasteiger charge is 2.16. The van der Waals surface area contributed by atoms with Crippen LogP contribution in [0.15, 0.2) is 64.5 Å². The molecule has 0 bridgehead atoms. The molecule has 2 N–H and O–H groups in total. The second-order valence-corrected chi connectivity index (χ2v) is 8.41. The number of hydrogen-bond acceptors (Lipinski definition) is 5. The Kier molecular flexibility index (Phi) is 5.02. The van der Waals surface area contributed by atoms with Gasteiger partial charge in [-0.05, 0) is 30.2 Å². The lowest BCUT2D eigenvalue weighted by atomic mass is 10.0. The van der Waals surface area contributed by atoms with Crippen LogP contribution in [0.25, 0.3) is 21.3 Å². The molecule has 0 spiro atoms. The minimum Gasteiger partial charge on any atom is -0.478 e. The predicted octanol–water partition coefficient (Wildman–Crippen LogP) is 4.95. The summed E-state index contributed by atoms with van der Waals surface area (Å²) in [7, 11) is 0. The van der Waals surface area contributed by atoms with Crippen molar-refractivity contribution in [3.05, 3.63) is 81.0 Å². The van der Waals surface area contributed by atoms with E-state index in [0.29, 0.717) is 21.1 Å². The van der Waals surface area contributed by atoms with Gasteiger partial charge in [0.15, 0.2) is 5.16 Å². The number of rotatable bonds is 5. The number of fused-ring (bicyclic) bond motifs is 1. The molecule has 0 aliphatic heterocycles. The number of carbonyl (C=O) groups is 1. The number of carboxylic acid groups (broad SMARTS) is 1. The van der Waals surface area contributed by atoms with Crippen molar-refractivity contribution >= 4 is 39.3 Å². The first-order valence-electron chi connectivity index (χ1n) is 8.57. The summed E-state index contributed by atoms with van der Waals surface area (Å²) < 4.78 is 0. The SMILES string of the molecule is Cc1sc2nc(SCc3cccc(C(=O)O)c3)[nH]c(=O)c2c1-c1ccccc1. The summed E-state index contributed by atoms with van der Waals surface area (Å²) in [6.07, 6.45) is 0. The third-order valence-corrected chi connectivity index (χ3v) is 6.27. The Bertz CT molecular complexity index is 1230. The molecule has 0 aliphatic rings. The molecule has 0 unspecified atom stereocenters. The maximum absolute atomic E-state index is 12.8. The van der Waals surface area contributed by atoms with Crippen molar-refractivity contribution in [3.8, 4) is 11.1 Å². The molecule has 2 heterocycles. The molecule has 2 aromatic carbocycles. The predicted molar refractivity (Wildman–Crippen MR) is 113 cm³/mol. The average molecular weight is 409 g/mol. The first kappa shape index (κ1) is 18.5. The van der Waals surface area contributed by atoms with Gasteiger partial charge in [-0.2, -0.15) is 0 Å². The first-order chi connectivity index (χ1) is 13.5. The lowest BCUT2D eigenvalue weighted by Crippen LogP contribution is -2.08. The van der Waals surface area contributed by atoms with Gasteiger partial charge in [-0.25, -0.2) is 9.78 Å². The second-order valence-electron chi connectivity index (χ2n) is 6.24. The number of H-pyrrole nitrogens is 1. The van der Waals surface area contributed by atoms with Gasteiger partial charge in [-0.1, -0.05) is 54.2 Å². The number of nitrogens with one attached hydrogen (secondary N) is 1. The van der Waals surface area contributed by atoms with Crippen LogP contribution in [0.4, 0.5) is 0 Å². The van der Waals surface area contributed by atoms with E-state index < -0.39 is 5.97 Å². The minimum atomic E-state index is -0.956. The van der Waals surface area contributed by atoms with Crippen molar-refractivity contribution in [3.63, 3.8) is 0 Å². The average Bonchev–Trinajstić information content (AvgIpc) is 3.03.